The summed E-state index contributed by atoms with van der Waals surface area (Å²) >= 11 is 0. The molecule has 6 nitrogen and oxygen atoms in total. The van der Waals surface area contributed by atoms with Crippen LogP contribution in [0.3, 0.4) is 0 Å². The fourth-order valence-corrected chi connectivity index (χ4v) is 1.43. The van der Waals surface area contributed by atoms with Gasteiger partial charge < -0.3 is 11.1 Å². The van der Waals surface area contributed by atoms with Gasteiger partial charge in [-0.05, 0) is 13.8 Å². The van der Waals surface area contributed by atoms with Gasteiger partial charge in [-0.25, -0.2) is 4.98 Å². The number of hydrogen-bond acceptors (Lipinski definition) is 5. The molecule has 0 aromatic carbocycles. The molecule has 0 amide bonds. The van der Waals surface area contributed by atoms with Crippen molar-refractivity contribution in [2.24, 2.45) is 7.05 Å². The highest BCUT2D eigenvalue weighted by molar-refractivity contribution is 5.60. The number of aromatic nitrogens is 4. The molecule has 2 aromatic rings. The predicted molar refractivity (Wildman–Crippen MR) is 62.4 cm³/mol. The van der Waals surface area contributed by atoms with E-state index in [1.807, 2.05) is 27.1 Å². The summed E-state index contributed by atoms with van der Waals surface area (Å²) in [5, 5.41) is 7.43. The highest BCUT2D eigenvalue weighted by Gasteiger charge is 2.06. The zero-order valence-electron chi connectivity index (χ0n) is 9.52. The lowest BCUT2D eigenvalue weighted by atomic mass is 10.3. The summed E-state index contributed by atoms with van der Waals surface area (Å²) in [6.45, 7) is 3.86. The van der Waals surface area contributed by atoms with E-state index in [0.29, 0.717) is 5.82 Å². The van der Waals surface area contributed by atoms with E-state index >= 15 is 0 Å². The van der Waals surface area contributed by atoms with Crippen molar-refractivity contribution in [3.63, 3.8) is 0 Å². The first-order valence-corrected chi connectivity index (χ1v) is 4.92. The molecule has 2 heterocycles. The number of hydrogen-bond donors (Lipinski definition) is 2. The van der Waals surface area contributed by atoms with Crippen molar-refractivity contribution in [1.82, 2.24) is 19.7 Å². The van der Waals surface area contributed by atoms with E-state index in [4.69, 9.17) is 5.73 Å². The van der Waals surface area contributed by atoms with Gasteiger partial charge in [-0.1, -0.05) is 0 Å². The Hall–Kier alpha value is -2.11. The Morgan fingerprint density at radius 1 is 1.38 bits per heavy atom. The summed E-state index contributed by atoms with van der Waals surface area (Å²) in [6.07, 6.45) is 3.59. The molecule has 0 fully saturated rings. The van der Waals surface area contributed by atoms with Crippen LogP contribution >= 0.6 is 0 Å². The van der Waals surface area contributed by atoms with Crippen LogP contribution in [0, 0.1) is 13.8 Å². The van der Waals surface area contributed by atoms with Crippen LogP contribution in [0.5, 0.6) is 0 Å². The molecule has 3 N–H and O–H groups in total. The minimum atomic E-state index is 0.259. The Kier molecular flexibility index (Phi) is 2.47. The van der Waals surface area contributed by atoms with Crippen LogP contribution in [-0.2, 0) is 7.05 Å². The first-order valence-electron chi connectivity index (χ1n) is 4.92. The van der Waals surface area contributed by atoms with Crippen LogP contribution in [0.15, 0.2) is 12.4 Å². The number of anilines is 3. The first-order chi connectivity index (χ1) is 7.56. The van der Waals surface area contributed by atoms with Gasteiger partial charge in [0.1, 0.15) is 5.82 Å². The highest BCUT2D eigenvalue weighted by Crippen LogP contribution is 2.20. The average molecular weight is 218 g/mol. The molecule has 2 rings (SSSR count). The number of nitrogen functional groups attached to an aromatic ring is 1. The molecule has 16 heavy (non-hydrogen) atoms. The Bertz CT molecular complexity index is 516. The van der Waals surface area contributed by atoms with Crippen molar-refractivity contribution in [2.75, 3.05) is 11.1 Å². The van der Waals surface area contributed by atoms with E-state index < -0.39 is 0 Å². The van der Waals surface area contributed by atoms with E-state index in [0.717, 1.165) is 16.9 Å². The molecule has 6 heteroatoms. The maximum Gasteiger partial charge on any atom is 0.221 e. The standard InChI is InChI=1S/C10H14N6/c1-6-4-12-10(11)14-9(6)13-8-5-16(3)15-7(8)2/h4-5H,1-3H3,(H3,11,12,13,14). The Morgan fingerprint density at radius 3 is 2.75 bits per heavy atom. The van der Waals surface area contributed by atoms with Crippen LogP contribution in [0.25, 0.3) is 0 Å². The first kappa shape index (κ1) is 10.4. The van der Waals surface area contributed by atoms with Gasteiger partial charge >= 0.3 is 0 Å². The van der Waals surface area contributed by atoms with Crippen molar-refractivity contribution in [3.8, 4) is 0 Å². The number of nitrogens with one attached hydrogen (secondary N) is 1. The van der Waals surface area contributed by atoms with Gasteiger partial charge in [0.05, 0.1) is 11.4 Å². The lowest BCUT2D eigenvalue weighted by molar-refractivity contribution is 0.756. The Morgan fingerprint density at radius 2 is 2.12 bits per heavy atom. The largest absolute Gasteiger partial charge is 0.368 e. The summed E-state index contributed by atoms with van der Waals surface area (Å²) in [6, 6.07) is 0. The Labute approximate surface area is 93.5 Å². The van der Waals surface area contributed by atoms with Crippen LogP contribution in [0.4, 0.5) is 17.5 Å². The fraction of sp³-hybridized carbons (Fsp3) is 0.300. The third-order valence-electron chi connectivity index (χ3n) is 2.26. The van der Waals surface area contributed by atoms with Crippen molar-refractivity contribution < 1.29 is 0 Å². The van der Waals surface area contributed by atoms with Crippen LogP contribution < -0.4 is 11.1 Å². The zero-order chi connectivity index (χ0) is 11.7. The van der Waals surface area contributed by atoms with Crippen LogP contribution in [-0.4, -0.2) is 19.7 Å². The molecule has 0 saturated carbocycles. The molecule has 0 radical (unpaired) electrons. The van der Waals surface area contributed by atoms with E-state index in [1.165, 1.54) is 0 Å². The SMILES string of the molecule is Cc1cnc(N)nc1Nc1cn(C)nc1C. The summed E-state index contributed by atoms with van der Waals surface area (Å²) in [7, 11) is 1.87. The molecular formula is C10H14N6. The van der Waals surface area contributed by atoms with Gasteiger partial charge in [-0.15, -0.1) is 0 Å². The number of nitrogens with zero attached hydrogens (tertiary/aromatic N) is 4. The molecular weight excluding hydrogens is 204 g/mol. The normalized spacial score (nSPS) is 10.4. The maximum atomic E-state index is 5.54. The topological polar surface area (TPSA) is 81.6 Å². The van der Waals surface area contributed by atoms with Crippen molar-refractivity contribution in [2.45, 2.75) is 13.8 Å². The average Bonchev–Trinajstić information content (AvgIpc) is 2.51. The van der Waals surface area contributed by atoms with E-state index in [9.17, 15) is 0 Å². The van der Waals surface area contributed by atoms with Gasteiger partial charge in [-0.3, -0.25) is 4.68 Å². The number of aryl methyl sites for hydroxylation is 3. The number of nitrogens with two attached hydrogens (primary N) is 1. The second-order valence-electron chi connectivity index (χ2n) is 3.69. The van der Waals surface area contributed by atoms with Gasteiger partial charge in [0.25, 0.3) is 0 Å². The van der Waals surface area contributed by atoms with E-state index in [-0.39, 0.29) is 5.95 Å². The molecule has 0 unspecified atom stereocenters. The predicted octanol–water partition coefficient (Wildman–Crippen LogP) is 1.15. The van der Waals surface area contributed by atoms with Crippen molar-refractivity contribution in [1.29, 1.82) is 0 Å². The molecule has 0 aliphatic heterocycles. The van der Waals surface area contributed by atoms with E-state index in [2.05, 4.69) is 20.4 Å². The minimum absolute atomic E-state index is 0.259. The Balaban J connectivity index is 2.33. The monoisotopic (exact) mass is 218 g/mol. The molecule has 2 aromatic heterocycles. The molecule has 84 valence electrons. The van der Waals surface area contributed by atoms with Crippen molar-refractivity contribution >= 4 is 17.5 Å². The second kappa shape index (κ2) is 3.80. The molecule has 0 aliphatic carbocycles. The third kappa shape index (κ3) is 1.95. The maximum absolute atomic E-state index is 5.54. The molecule has 0 spiro atoms. The molecule has 0 bridgehead atoms. The zero-order valence-corrected chi connectivity index (χ0v) is 9.52. The third-order valence-corrected chi connectivity index (χ3v) is 2.26. The van der Waals surface area contributed by atoms with Gasteiger partial charge in [0.2, 0.25) is 5.95 Å². The minimum Gasteiger partial charge on any atom is -0.368 e. The second-order valence-corrected chi connectivity index (χ2v) is 3.69. The molecule has 0 aliphatic rings. The van der Waals surface area contributed by atoms with Gasteiger partial charge in [0.15, 0.2) is 0 Å². The van der Waals surface area contributed by atoms with Gasteiger partial charge in [-0.2, -0.15) is 10.1 Å². The highest BCUT2D eigenvalue weighted by atomic mass is 15.3. The fourth-order valence-electron chi connectivity index (χ4n) is 1.43. The molecule has 0 saturated heterocycles. The summed E-state index contributed by atoms with van der Waals surface area (Å²) < 4.78 is 1.75. The number of rotatable bonds is 2. The lowest BCUT2D eigenvalue weighted by Gasteiger charge is -2.06. The summed E-state index contributed by atoms with van der Waals surface area (Å²) in [5.74, 6) is 0.971. The lowest BCUT2D eigenvalue weighted by Crippen LogP contribution is -2.02. The smallest absolute Gasteiger partial charge is 0.221 e. The van der Waals surface area contributed by atoms with Crippen molar-refractivity contribution in [3.05, 3.63) is 23.7 Å². The quantitative estimate of drug-likeness (QED) is 0.790. The van der Waals surface area contributed by atoms with Gasteiger partial charge in [0, 0.05) is 25.0 Å². The molecule has 0 atom stereocenters. The van der Waals surface area contributed by atoms with E-state index in [1.54, 1.807) is 10.9 Å². The van der Waals surface area contributed by atoms with Crippen LogP contribution in [0.2, 0.25) is 0 Å². The van der Waals surface area contributed by atoms with Crippen LogP contribution in [0.1, 0.15) is 11.3 Å². The summed E-state index contributed by atoms with van der Waals surface area (Å²) in [4.78, 5) is 8.05. The summed E-state index contributed by atoms with van der Waals surface area (Å²) in [5.41, 5.74) is 8.32.